The van der Waals surface area contributed by atoms with Crippen LogP contribution in [0.25, 0.3) is 0 Å². The van der Waals surface area contributed by atoms with E-state index in [0.717, 1.165) is 25.9 Å². The topological polar surface area (TPSA) is 47.6 Å². The van der Waals surface area contributed by atoms with Gasteiger partial charge in [0.2, 0.25) is 5.91 Å². The van der Waals surface area contributed by atoms with E-state index in [2.05, 4.69) is 5.32 Å². The quantitative estimate of drug-likeness (QED) is 0.735. The number of carbonyl (C=O) groups is 1. The van der Waals surface area contributed by atoms with Gasteiger partial charge in [-0.3, -0.25) is 4.79 Å². The smallest absolute Gasteiger partial charge is 0.224 e. The summed E-state index contributed by atoms with van der Waals surface area (Å²) in [6, 6.07) is 5.22. The summed E-state index contributed by atoms with van der Waals surface area (Å²) in [5.74, 6) is -0.0888. The van der Waals surface area contributed by atoms with E-state index < -0.39 is 0 Å². The van der Waals surface area contributed by atoms with Crippen LogP contribution >= 0.6 is 23.2 Å². The van der Waals surface area contributed by atoms with Crippen molar-refractivity contribution in [3.05, 3.63) is 33.8 Å². The first-order valence-electron chi connectivity index (χ1n) is 7.55. The summed E-state index contributed by atoms with van der Waals surface area (Å²) in [5.41, 5.74) is 0.665. The lowest BCUT2D eigenvalue weighted by Gasteiger charge is -2.11. The van der Waals surface area contributed by atoms with Gasteiger partial charge in [-0.1, -0.05) is 29.3 Å². The molecule has 4 nitrogen and oxygen atoms in total. The van der Waals surface area contributed by atoms with Gasteiger partial charge in [0.1, 0.15) is 0 Å². The van der Waals surface area contributed by atoms with Gasteiger partial charge >= 0.3 is 0 Å². The maximum atomic E-state index is 11.9. The largest absolute Gasteiger partial charge is 0.379 e. The molecule has 1 aromatic rings. The fourth-order valence-corrected chi connectivity index (χ4v) is 2.85. The third-order valence-corrected chi connectivity index (χ3v) is 4.22. The lowest BCUT2D eigenvalue weighted by Crippen LogP contribution is -2.27. The maximum Gasteiger partial charge on any atom is 0.224 e. The summed E-state index contributed by atoms with van der Waals surface area (Å²) in [6.45, 7) is 2.68. The number of benzene rings is 1. The summed E-state index contributed by atoms with van der Waals surface area (Å²) in [7, 11) is 0. The molecule has 1 atom stereocenters. The zero-order chi connectivity index (χ0) is 15.8. The third kappa shape index (κ3) is 5.76. The van der Waals surface area contributed by atoms with Crippen molar-refractivity contribution in [1.82, 2.24) is 5.32 Å². The fraction of sp³-hybridized carbons (Fsp3) is 0.562. The van der Waals surface area contributed by atoms with Gasteiger partial charge in [-0.25, -0.2) is 0 Å². The molecular formula is C16H21Cl2NO3. The molecule has 1 heterocycles. The van der Waals surface area contributed by atoms with Crippen molar-refractivity contribution in [2.45, 2.75) is 31.8 Å². The third-order valence-electron chi connectivity index (χ3n) is 3.51. The van der Waals surface area contributed by atoms with Crippen LogP contribution in [-0.4, -0.2) is 38.4 Å². The van der Waals surface area contributed by atoms with Crippen LogP contribution in [0.4, 0.5) is 0 Å². The first-order valence-corrected chi connectivity index (χ1v) is 8.31. The second-order valence-corrected chi connectivity index (χ2v) is 6.10. The first-order chi connectivity index (χ1) is 10.7. The van der Waals surface area contributed by atoms with Crippen molar-refractivity contribution < 1.29 is 14.3 Å². The highest BCUT2D eigenvalue weighted by molar-refractivity contribution is 6.36. The summed E-state index contributed by atoms with van der Waals surface area (Å²) >= 11 is 12.1. The van der Waals surface area contributed by atoms with Crippen LogP contribution in [0.1, 0.15) is 24.8 Å². The average Bonchev–Trinajstić information content (AvgIpc) is 3.00. The summed E-state index contributed by atoms with van der Waals surface area (Å²) < 4.78 is 11.0. The van der Waals surface area contributed by atoms with Gasteiger partial charge < -0.3 is 14.8 Å². The molecule has 1 aromatic carbocycles. The lowest BCUT2D eigenvalue weighted by molar-refractivity contribution is -0.120. The molecule has 6 heteroatoms. The average molecular weight is 346 g/mol. The van der Waals surface area contributed by atoms with Gasteiger partial charge in [-0.05, 0) is 37.0 Å². The number of halogens is 2. The van der Waals surface area contributed by atoms with E-state index >= 15 is 0 Å². The van der Waals surface area contributed by atoms with Gasteiger partial charge in [0.15, 0.2) is 0 Å². The van der Waals surface area contributed by atoms with E-state index in [4.69, 9.17) is 32.7 Å². The van der Waals surface area contributed by atoms with Crippen molar-refractivity contribution >= 4 is 29.1 Å². The lowest BCUT2D eigenvalue weighted by atomic mass is 10.1. The fourth-order valence-electron chi connectivity index (χ4n) is 2.32. The Labute approximate surface area is 141 Å². The van der Waals surface area contributed by atoms with Crippen LogP contribution in [0.2, 0.25) is 10.0 Å². The summed E-state index contributed by atoms with van der Waals surface area (Å²) in [6.07, 6.45) is 3.41. The minimum absolute atomic E-state index is 0.0888. The number of hydrogen-bond donors (Lipinski definition) is 1. The van der Waals surface area contributed by atoms with E-state index in [-0.39, 0.29) is 18.4 Å². The highest BCUT2D eigenvalue weighted by Crippen LogP contribution is 2.24. The van der Waals surface area contributed by atoms with E-state index in [9.17, 15) is 4.79 Å². The molecule has 1 unspecified atom stereocenters. The molecule has 1 aliphatic heterocycles. The summed E-state index contributed by atoms with van der Waals surface area (Å²) in [4.78, 5) is 11.9. The Bertz CT molecular complexity index is 470. The summed E-state index contributed by atoms with van der Waals surface area (Å²) in [5, 5.41) is 3.88. The second kappa shape index (κ2) is 9.36. The van der Waals surface area contributed by atoms with E-state index in [1.807, 2.05) is 0 Å². The highest BCUT2D eigenvalue weighted by atomic mass is 35.5. The highest BCUT2D eigenvalue weighted by Gasteiger charge is 2.15. The van der Waals surface area contributed by atoms with Crippen molar-refractivity contribution in [2.75, 3.05) is 26.4 Å². The van der Waals surface area contributed by atoms with Crippen LogP contribution < -0.4 is 5.32 Å². The Balaban J connectivity index is 1.57. The number of nitrogens with one attached hydrogen (secondary N) is 1. The zero-order valence-electron chi connectivity index (χ0n) is 12.4. The van der Waals surface area contributed by atoms with E-state index in [0.29, 0.717) is 35.4 Å². The van der Waals surface area contributed by atoms with Crippen molar-refractivity contribution in [1.29, 1.82) is 0 Å². The minimum Gasteiger partial charge on any atom is -0.379 e. The Morgan fingerprint density at radius 1 is 1.36 bits per heavy atom. The second-order valence-electron chi connectivity index (χ2n) is 5.29. The van der Waals surface area contributed by atoms with Crippen LogP contribution in [0, 0.1) is 0 Å². The van der Waals surface area contributed by atoms with Gasteiger partial charge in [0, 0.05) is 29.8 Å². The predicted molar refractivity (Wildman–Crippen MR) is 87.6 cm³/mol. The standard InChI is InChI=1S/C16H21Cl2NO3/c17-14-5-1-6-15(18)13(14)10-16(20)19-7-3-8-21-11-12-4-2-9-22-12/h1,5-6,12H,2-4,7-11H2,(H,19,20). The van der Waals surface area contributed by atoms with Gasteiger partial charge in [-0.15, -0.1) is 0 Å². The minimum atomic E-state index is -0.0888. The van der Waals surface area contributed by atoms with Gasteiger partial charge in [-0.2, -0.15) is 0 Å². The molecule has 1 fully saturated rings. The number of amides is 1. The van der Waals surface area contributed by atoms with Crippen LogP contribution in [-0.2, 0) is 20.7 Å². The molecular weight excluding hydrogens is 325 g/mol. The molecule has 1 saturated heterocycles. The Morgan fingerprint density at radius 2 is 2.14 bits per heavy atom. The molecule has 1 aliphatic rings. The Kier molecular flexibility index (Phi) is 7.46. The Hall–Kier alpha value is -0.810. The van der Waals surface area contributed by atoms with Gasteiger partial charge in [0.25, 0.3) is 0 Å². The molecule has 0 saturated carbocycles. The monoisotopic (exact) mass is 345 g/mol. The molecule has 0 aliphatic carbocycles. The number of hydrogen-bond acceptors (Lipinski definition) is 3. The molecule has 0 aromatic heterocycles. The van der Waals surface area contributed by atoms with Crippen LogP contribution in [0.3, 0.4) is 0 Å². The molecule has 1 N–H and O–H groups in total. The molecule has 0 bridgehead atoms. The maximum absolute atomic E-state index is 11.9. The first kappa shape index (κ1) is 17.5. The number of carbonyl (C=O) groups excluding carboxylic acids is 1. The molecule has 0 spiro atoms. The SMILES string of the molecule is O=C(Cc1c(Cl)cccc1Cl)NCCCOCC1CCCO1. The number of ether oxygens (including phenoxy) is 2. The normalized spacial score (nSPS) is 17.6. The molecule has 2 rings (SSSR count). The molecule has 122 valence electrons. The van der Waals surface area contributed by atoms with Crippen molar-refractivity contribution in [2.24, 2.45) is 0 Å². The molecule has 22 heavy (non-hydrogen) atoms. The van der Waals surface area contributed by atoms with Crippen molar-refractivity contribution in [3.63, 3.8) is 0 Å². The van der Waals surface area contributed by atoms with Gasteiger partial charge in [0.05, 0.1) is 19.1 Å². The predicted octanol–water partition coefficient (Wildman–Crippen LogP) is 3.24. The number of rotatable bonds is 8. The van der Waals surface area contributed by atoms with Crippen molar-refractivity contribution in [3.8, 4) is 0 Å². The zero-order valence-corrected chi connectivity index (χ0v) is 14.0. The Morgan fingerprint density at radius 3 is 2.82 bits per heavy atom. The molecule has 1 amide bonds. The molecule has 0 radical (unpaired) electrons. The van der Waals surface area contributed by atoms with E-state index in [1.54, 1.807) is 18.2 Å². The van der Waals surface area contributed by atoms with Crippen LogP contribution in [0.15, 0.2) is 18.2 Å². The van der Waals surface area contributed by atoms with Crippen LogP contribution in [0.5, 0.6) is 0 Å². The van der Waals surface area contributed by atoms with E-state index in [1.165, 1.54) is 0 Å².